The average molecular weight is 503 g/mol. The molecule has 0 atom stereocenters. The summed E-state index contributed by atoms with van der Waals surface area (Å²) >= 11 is 5.93. The second-order valence-corrected chi connectivity index (χ2v) is 8.12. The zero-order valence-corrected chi connectivity index (χ0v) is 19.6. The lowest BCUT2D eigenvalue weighted by atomic mass is 10.1. The summed E-state index contributed by atoms with van der Waals surface area (Å²) in [5.74, 6) is -2.62. The highest BCUT2D eigenvalue weighted by Crippen LogP contribution is 2.18. The second-order valence-electron chi connectivity index (χ2n) is 7.68. The fraction of sp³-hybridized carbons (Fsp3) is 0.0385. The van der Waals surface area contributed by atoms with Gasteiger partial charge in [0, 0.05) is 10.7 Å². The standard InChI is InChI=1S/C26H19ClN4O5/c1-15-6-9-18(10-7-15)29-24(33)19-4-2-3-5-21(19)30-25(34)26(35)31-28-13-16-14-36-22-11-8-17(27)12-20(22)23(16)32/h2-14H,1H3,(H,29,33)(H,30,34)(H,31,35)/b28-13-. The van der Waals surface area contributed by atoms with Gasteiger partial charge in [0.2, 0.25) is 5.43 Å². The molecule has 4 aromatic rings. The first-order valence-electron chi connectivity index (χ1n) is 10.6. The minimum atomic E-state index is -1.10. The van der Waals surface area contributed by atoms with E-state index >= 15 is 0 Å². The van der Waals surface area contributed by atoms with E-state index in [1.807, 2.05) is 24.5 Å². The maximum atomic E-state index is 12.7. The maximum absolute atomic E-state index is 12.7. The van der Waals surface area contributed by atoms with Crippen LogP contribution in [0.4, 0.5) is 11.4 Å². The van der Waals surface area contributed by atoms with E-state index in [4.69, 9.17) is 16.0 Å². The molecule has 0 bridgehead atoms. The molecule has 0 fully saturated rings. The number of carbonyl (C=O) groups is 3. The van der Waals surface area contributed by atoms with Crippen molar-refractivity contribution in [2.75, 3.05) is 10.6 Å². The van der Waals surface area contributed by atoms with Crippen LogP contribution < -0.4 is 21.5 Å². The number of fused-ring (bicyclic) bond motifs is 1. The van der Waals surface area contributed by atoms with Crippen molar-refractivity contribution in [3.63, 3.8) is 0 Å². The molecule has 10 heteroatoms. The summed E-state index contributed by atoms with van der Waals surface area (Å²) in [4.78, 5) is 49.9. The number of hydrogen-bond acceptors (Lipinski definition) is 6. The normalized spacial score (nSPS) is 10.8. The number of para-hydroxylation sites is 1. The lowest BCUT2D eigenvalue weighted by molar-refractivity contribution is -0.136. The number of benzene rings is 3. The molecule has 0 spiro atoms. The van der Waals surface area contributed by atoms with Crippen LogP contribution in [-0.2, 0) is 9.59 Å². The van der Waals surface area contributed by atoms with E-state index < -0.39 is 23.2 Å². The molecule has 1 aromatic heterocycles. The van der Waals surface area contributed by atoms with Crippen LogP contribution >= 0.6 is 11.6 Å². The van der Waals surface area contributed by atoms with E-state index in [9.17, 15) is 19.2 Å². The molecule has 0 aliphatic rings. The Balaban J connectivity index is 1.42. The summed E-state index contributed by atoms with van der Waals surface area (Å²) in [6, 6.07) is 18.1. The van der Waals surface area contributed by atoms with E-state index in [0.29, 0.717) is 16.3 Å². The molecule has 0 aliphatic heterocycles. The maximum Gasteiger partial charge on any atom is 0.329 e. The number of aryl methyl sites for hydroxylation is 1. The van der Waals surface area contributed by atoms with E-state index in [1.165, 1.54) is 24.5 Å². The molecule has 3 aromatic carbocycles. The number of carbonyl (C=O) groups excluding carboxylic acids is 3. The van der Waals surface area contributed by atoms with Crippen LogP contribution in [0.15, 0.2) is 87.3 Å². The zero-order valence-electron chi connectivity index (χ0n) is 18.9. The number of anilines is 2. The van der Waals surface area contributed by atoms with Crippen LogP contribution in [0.25, 0.3) is 11.0 Å². The Morgan fingerprint density at radius 3 is 2.47 bits per heavy atom. The lowest BCUT2D eigenvalue weighted by Gasteiger charge is -2.11. The summed E-state index contributed by atoms with van der Waals surface area (Å²) in [7, 11) is 0. The monoisotopic (exact) mass is 502 g/mol. The van der Waals surface area contributed by atoms with Crippen molar-refractivity contribution >= 4 is 57.9 Å². The van der Waals surface area contributed by atoms with E-state index in [0.717, 1.165) is 11.8 Å². The average Bonchev–Trinajstić information content (AvgIpc) is 2.87. The van der Waals surface area contributed by atoms with Crippen LogP contribution in [0.2, 0.25) is 5.02 Å². The van der Waals surface area contributed by atoms with Gasteiger partial charge in [0.05, 0.1) is 28.4 Å². The Morgan fingerprint density at radius 1 is 0.944 bits per heavy atom. The van der Waals surface area contributed by atoms with Crippen LogP contribution in [-0.4, -0.2) is 23.9 Å². The highest BCUT2D eigenvalue weighted by atomic mass is 35.5. The quantitative estimate of drug-likeness (QED) is 0.215. The molecule has 0 unspecified atom stereocenters. The molecular formula is C26H19ClN4O5. The van der Waals surface area contributed by atoms with Gasteiger partial charge >= 0.3 is 11.8 Å². The summed E-state index contributed by atoms with van der Waals surface area (Å²) in [5.41, 5.74) is 3.95. The molecule has 0 saturated heterocycles. The van der Waals surface area contributed by atoms with Gasteiger partial charge in [0.15, 0.2) is 0 Å². The van der Waals surface area contributed by atoms with Gasteiger partial charge in [-0.05, 0) is 49.4 Å². The van der Waals surface area contributed by atoms with E-state index in [2.05, 4.69) is 15.7 Å². The summed E-state index contributed by atoms with van der Waals surface area (Å²) < 4.78 is 5.37. The van der Waals surface area contributed by atoms with Gasteiger partial charge in [-0.25, -0.2) is 5.43 Å². The molecule has 3 N–H and O–H groups in total. The second kappa shape index (κ2) is 10.7. The van der Waals surface area contributed by atoms with Crippen molar-refractivity contribution in [1.29, 1.82) is 0 Å². The zero-order chi connectivity index (χ0) is 25.7. The number of amides is 3. The van der Waals surface area contributed by atoms with Crippen molar-refractivity contribution in [2.24, 2.45) is 5.10 Å². The summed E-state index contributed by atoms with van der Waals surface area (Å²) in [6.45, 7) is 1.93. The predicted molar refractivity (Wildman–Crippen MR) is 137 cm³/mol. The summed E-state index contributed by atoms with van der Waals surface area (Å²) in [5, 5.41) is 9.40. The van der Waals surface area contributed by atoms with Gasteiger partial charge in [0.25, 0.3) is 5.91 Å². The van der Waals surface area contributed by atoms with Crippen LogP contribution in [0.1, 0.15) is 21.5 Å². The largest absolute Gasteiger partial charge is 0.463 e. The first-order valence-corrected chi connectivity index (χ1v) is 11.0. The third kappa shape index (κ3) is 5.65. The fourth-order valence-electron chi connectivity index (χ4n) is 3.22. The topological polar surface area (TPSA) is 130 Å². The summed E-state index contributed by atoms with van der Waals surface area (Å²) in [6.07, 6.45) is 2.23. The van der Waals surface area contributed by atoms with E-state index in [1.54, 1.807) is 36.4 Å². The molecule has 0 radical (unpaired) electrons. The lowest BCUT2D eigenvalue weighted by Crippen LogP contribution is -2.33. The minimum Gasteiger partial charge on any atom is -0.463 e. The van der Waals surface area contributed by atoms with Crippen LogP contribution in [0, 0.1) is 6.92 Å². The number of rotatable bonds is 5. The predicted octanol–water partition coefficient (Wildman–Crippen LogP) is 4.10. The van der Waals surface area contributed by atoms with Crippen molar-refractivity contribution in [3.05, 3.63) is 105 Å². The van der Waals surface area contributed by atoms with Gasteiger partial charge in [-0.2, -0.15) is 5.10 Å². The SMILES string of the molecule is Cc1ccc(NC(=O)c2ccccc2NC(=O)C(=O)N/N=C\c2coc3ccc(Cl)cc3c2=O)cc1. The first-order chi connectivity index (χ1) is 17.3. The third-order valence-electron chi connectivity index (χ3n) is 5.07. The first kappa shape index (κ1) is 24.4. The third-order valence-corrected chi connectivity index (χ3v) is 5.30. The number of nitrogens with one attached hydrogen (secondary N) is 3. The van der Waals surface area contributed by atoms with Gasteiger partial charge < -0.3 is 15.1 Å². The van der Waals surface area contributed by atoms with Crippen LogP contribution in [0.5, 0.6) is 0 Å². The molecular weight excluding hydrogens is 484 g/mol. The molecule has 1 heterocycles. The molecule has 3 amide bonds. The fourth-order valence-corrected chi connectivity index (χ4v) is 3.40. The van der Waals surface area contributed by atoms with Crippen molar-refractivity contribution in [2.45, 2.75) is 6.92 Å². The number of hydrogen-bond donors (Lipinski definition) is 3. The molecule has 9 nitrogen and oxygen atoms in total. The van der Waals surface area contributed by atoms with Crippen molar-refractivity contribution < 1.29 is 18.8 Å². The Labute approximate surface area is 209 Å². The molecule has 0 saturated carbocycles. The van der Waals surface area contributed by atoms with Gasteiger partial charge in [-0.1, -0.05) is 41.4 Å². The highest BCUT2D eigenvalue weighted by Gasteiger charge is 2.18. The molecule has 4 rings (SSSR count). The molecule has 0 aliphatic carbocycles. The number of hydrazone groups is 1. The number of halogens is 1. The Hall–Kier alpha value is -4.76. The highest BCUT2D eigenvalue weighted by molar-refractivity contribution is 6.40. The smallest absolute Gasteiger partial charge is 0.329 e. The molecule has 36 heavy (non-hydrogen) atoms. The van der Waals surface area contributed by atoms with Gasteiger partial charge in [0.1, 0.15) is 11.8 Å². The van der Waals surface area contributed by atoms with Crippen molar-refractivity contribution in [3.8, 4) is 0 Å². The Morgan fingerprint density at radius 2 is 1.69 bits per heavy atom. The minimum absolute atomic E-state index is 0.0450. The van der Waals surface area contributed by atoms with Crippen LogP contribution in [0.3, 0.4) is 0 Å². The number of nitrogens with zero attached hydrogens (tertiary/aromatic N) is 1. The Kier molecular flexibility index (Phi) is 7.22. The Bertz CT molecular complexity index is 1560. The van der Waals surface area contributed by atoms with Crippen molar-refractivity contribution in [1.82, 2.24) is 5.43 Å². The molecule has 180 valence electrons. The van der Waals surface area contributed by atoms with E-state index in [-0.39, 0.29) is 22.2 Å². The van der Waals surface area contributed by atoms with Gasteiger partial charge in [-0.3, -0.25) is 19.2 Å². The van der Waals surface area contributed by atoms with Gasteiger partial charge in [-0.15, -0.1) is 0 Å².